The minimum absolute atomic E-state index is 0.0101. The van der Waals surface area contributed by atoms with Crippen LogP contribution < -0.4 is 20.1 Å². The Morgan fingerprint density at radius 1 is 1.03 bits per heavy atom. The Morgan fingerprint density at radius 2 is 1.73 bits per heavy atom. The van der Waals surface area contributed by atoms with Crippen molar-refractivity contribution in [2.45, 2.75) is 11.3 Å². The highest BCUT2D eigenvalue weighted by Gasteiger charge is 2.42. The number of amidine groups is 1. The van der Waals surface area contributed by atoms with Crippen LogP contribution in [0, 0.1) is 0 Å². The van der Waals surface area contributed by atoms with Crippen LogP contribution in [0.15, 0.2) is 47.5 Å². The monoisotopic (exact) mass is 447 g/mol. The Hall–Kier alpha value is -2.72. The molecule has 2 atom stereocenters. The van der Waals surface area contributed by atoms with Crippen LogP contribution >= 0.6 is 11.8 Å². The van der Waals surface area contributed by atoms with Gasteiger partial charge < -0.3 is 20.1 Å². The van der Waals surface area contributed by atoms with Crippen molar-refractivity contribution in [3.05, 3.63) is 48.0 Å². The SMILES string of the molecule is COc1ccc(NC(=O)c2ccc(NC3=N[C@H]4CS(=O)(=O)C[C@@H]4S3)cc2)cc1OC. The molecule has 0 saturated carbocycles. The van der Waals surface area contributed by atoms with Crippen molar-refractivity contribution in [1.29, 1.82) is 0 Å². The Bertz CT molecular complexity index is 1100. The van der Waals surface area contributed by atoms with E-state index in [1.165, 1.54) is 18.9 Å². The second-order valence-electron chi connectivity index (χ2n) is 6.96. The number of fused-ring (bicyclic) bond motifs is 1. The largest absolute Gasteiger partial charge is 0.493 e. The van der Waals surface area contributed by atoms with Gasteiger partial charge in [0.2, 0.25) is 0 Å². The topological polar surface area (TPSA) is 106 Å². The van der Waals surface area contributed by atoms with Crippen molar-refractivity contribution in [2.24, 2.45) is 4.99 Å². The zero-order valence-corrected chi connectivity index (χ0v) is 18.0. The van der Waals surface area contributed by atoms with Crippen LogP contribution in [-0.4, -0.2) is 56.5 Å². The van der Waals surface area contributed by atoms with E-state index >= 15 is 0 Å². The van der Waals surface area contributed by atoms with Crippen molar-refractivity contribution in [3.63, 3.8) is 0 Å². The average molecular weight is 448 g/mol. The first-order valence-electron chi connectivity index (χ1n) is 9.22. The summed E-state index contributed by atoms with van der Waals surface area (Å²) in [6, 6.07) is 12.0. The number of hydrogen-bond acceptors (Lipinski definition) is 8. The van der Waals surface area contributed by atoms with Gasteiger partial charge in [-0.2, -0.15) is 0 Å². The average Bonchev–Trinajstić information content (AvgIpc) is 3.20. The second kappa shape index (κ2) is 8.19. The summed E-state index contributed by atoms with van der Waals surface area (Å²) in [7, 11) is 0.121. The van der Waals surface area contributed by atoms with Crippen LogP contribution in [0.2, 0.25) is 0 Å². The number of benzene rings is 2. The number of nitrogens with one attached hydrogen (secondary N) is 2. The van der Waals surface area contributed by atoms with Crippen LogP contribution in [0.3, 0.4) is 0 Å². The lowest BCUT2D eigenvalue weighted by molar-refractivity contribution is 0.102. The molecule has 2 N–H and O–H groups in total. The highest BCUT2D eigenvalue weighted by molar-refractivity contribution is 8.15. The molecule has 0 bridgehead atoms. The fraction of sp³-hybridized carbons (Fsp3) is 0.300. The number of carbonyl (C=O) groups is 1. The molecule has 0 aliphatic carbocycles. The number of nitrogens with zero attached hydrogens (tertiary/aromatic N) is 1. The molecular formula is C20H21N3O5S2. The summed E-state index contributed by atoms with van der Waals surface area (Å²) in [5, 5.41) is 6.73. The molecule has 0 radical (unpaired) electrons. The third-order valence-corrected chi connectivity index (χ3v) is 8.00. The van der Waals surface area contributed by atoms with Crippen molar-refractivity contribution in [1.82, 2.24) is 0 Å². The van der Waals surface area contributed by atoms with Gasteiger partial charge in [-0.25, -0.2) is 8.42 Å². The molecule has 2 aliphatic rings. The van der Waals surface area contributed by atoms with Gasteiger partial charge in [0, 0.05) is 28.3 Å². The maximum Gasteiger partial charge on any atom is 0.255 e. The summed E-state index contributed by atoms with van der Waals surface area (Å²) in [6.45, 7) is 0. The van der Waals surface area contributed by atoms with E-state index in [2.05, 4.69) is 15.6 Å². The molecule has 0 aromatic heterocycles. The van der Waals surface area contributed by atoms with Gasteiger partial charge in [-0.3, -0.25) is 9.79 Å². The van der Waals surface area contributed by atoms with Gasteiger partial charge in [0.25, 0.3) is 5.91 Å². The molecule has 1 fully saturated rings. The number of thioether (sulfide) groups is 1. The predicted octanol–water partition coefficient (Wildman–Crippen LogP) is 2.64. The first kappa shape index (κ1) is 20.5. The molecule has 2 heterocycles. The fourth-order valence-electron chi connectivity index (χ4n) is 3.36. The number of ether oxygens (including phenoxy) is 2. The Labute approximate surface area is 179 Å². The van der Waals surface area contributed by atoms with Crippen LogP contribution in [0.25, 0.3) is 0 Å². The molecule has 2 aliphatic heterocycles. The van der Waals surface area contributed by atoms with Crippen molar-refractivity contribution in [2.75, 3.05) is 36.4 Å². The minimum atomic E-state index is -2.97. The zero-order chi connectivity index (χ0) is 21.3. The molecule has 158 valence electrons. The Morgan fingerprint density at radius 3 is 2.40 bits per heavy atom. The lowest BCUT2D eigenvalue weighted by atomic mass is 10.2. The first-order chi connectivity index (χ1) is 14.4. The molecule has 2 aromatic carbocycles. The van der Waals surface area contributed by atoms with E-state index in [1.54, 1.807) is 49.6 Å². The molecule has 1 amide bonds. The summed E-state index contributed by atoms with van der Waals surface area (Å²) in [5.41, 5.74) is 1.88. The van der Waals surface area contributed by atoms with Crippen LogP contribution in [0.5, 0.6) is 11.5 Å². The van der Waals surface area contributed by atoms with E-state index in [9.17, 15) is 13.2 Å². The molecule has 8 nitrogen and oxygen atoms in total. The quantitative estimate of drug-likeness (QED) is 0.726. The summed E-state index contributed by atoms with van der Waals surface area (Å²) in [4.78, 5) is 17.0. The smallest absolute Gasteiger partial charge is 0.255 e. The first-order valence-corrected chi connectivity index (χ1v) is 11.9. The van der Waals surface area contributed by atoms with Gasteiger partial charge in [0.05, 0.1) is 31.8 Å². The number of rotatable bonds is 5. The molecule has 10 heteroatoms. The third-order valence-electron chi connectivity index (χ3n) is 4.86. The van der Waals surface area contributed by atoms with Crippen LogP contribution in [0.4, 0.5) is 11.4 Å². The second-order valence-corrected chi connectivity index (χ2v) is 10.3. The molecule has 2 aromatic rings. The highest BCUT2D eigenvalue weighted by Crippen LogP contribution is 2.34. The van der Waals surface area contributed by atoms with Gasteiger partial charge in [-0.15, -0.1) is 0 Å². The summed E-state index contributed by atoms with van der Waals surface area (Å²) in [6.07, 6.45) is 0. The number of hydrogen-bond donors (Lipinski definition) is 2. The van der Waals surface area contributed by atoms with Crippen molar-refractivity contribution in [3.8, 4) is 11.5 Å². The highest BCUT2D eigenvalue weighted by atomic mass is 32.2. The molecule has 30 heavy (non-hydrogen) atoms. The zero-order valence-electron chi connectivity index (χ0n) is 16.4. The van der Waals surface area contributed by atoms with Gasteiger partial charge in [-0.1, -0.05) is 11.8 Å². The minimum Gasteiger partial charge on any atom is -0.493 e. The molecule has 0 unspecified atom stereocenters. The number of anilines is 2. The fourth-order valence-corrected chi connectivity index (χ4v) is 7.04. The maximum absolute atomic E-state index is 12.5. The normalized spacial score (nSPS) is 21.5. The number of methoxy groups -OCH3 is 2. The third kappa shape index (κ3) is 4.39. The van der Waals surface area contributed by atoms with Crippen molar-refractivity contribution < 1.29 is 22.7 Å². The van der Waals surface area contributed by atoms with Gasteiger partial charge >= 0.3 is 0 Å². The summed E-state index contributed by atoms with van der Waals surface area (Å²) < 4.78 is 33.8. The lowest BCUT2D eigenvalue weighted by Crippen LogP contribution is -2.13. The summed E-state index contributed by atoms with van der Waals surface area (Å²) >= 11 is 1.46. The molecule has 4 rings (SSSR count). The standard InChI is InChI=1S/C20H21N3O5S2/c1-27-16-8-7-14(9-17(16)28-2)21-19(24)12-3-5-13(6-4-12)22-20-23-15-10-30(25,26)11-18(15)29-20/h3-9,15,18H,10-11H2,1-2H3,(H,21,24)(H,22,23)/t15-,18-/m0/s1. The van der Waals surface area contributed by atoms with E-state index in [-0.39, 0.29) is 28.7 Å². The number of amides is 1. The van der Waals surface area contributed by atoms with Crippen LogP contribution in [-0.2, 0) is 9.84 Å². The Balaban J connectivity index is 1.38. The van der Waals surface area contributed by atoms with E-state index in [1.807, 2.05) is 0 Å². The Kier molecular flexibility index (Phi) is 5.61. The van der Waals surface area contributed by atoms with Gasteiger partial charge in [0.15, 0.2) is 26.5 Å². The summed E-state index contributed by atoms with van der Waals surface area (Å²) in [5.74, 6) is 1.15. The van der Waals surface area contributed by atoms with E-state index in [4.69, 9.17) is 9.47 Å². The van der Waals surface area contributed by atoms with Crippen LogP contribution in [0.1, 0.15) is 10.4 Å². The van der Waals surface area contributed by atoms with E-state index in [0.717, 1.165) is 5.69 Å². The van der Waals surface area contributed by atoms with Gasteiger partial charge in [-0.05, 0) is 36.4 Å². The predicted molar refractivity (Wildman–Crippen MR) is 119 cm³/mol. The molecule has 1 saturated heterocycles. The number of carbonyl (C=O) groups excluding carboxylic acids is 1. The molecule has 0 spiro atoms. The molecular weight excluding hydrogens is 426 g/mol. The van der Waals surface area contributed by atoms with E-state index in [0.29, 0.717) is 27.9 Å². The van der Waals surface area contributed by atoms with Gasteiger partial charge in [0.1, 0.15) is 0 Å². The lowest BCUT2D eigenvalue weighted by Gasteiger charge is -2.11. The number of sulfone groups is 1. The number of aliphatic imine (C=N–C) groups is 1. The maximum atomic E-state index is 12.5. The van der Waals surface area contributed by atoms with Crippen molar-refractivity contribution >= 4 is 44.0 Å². The van der Waals surface area contributed by atoms with E-state index < -0.39 is 9.84 Å².